The maximum Gasteiger partial charge on any atom is 0.247 e. The van der Waals surface area contributed by atoms with E-state index in [1.807, 2.05) is 35.7 Å². The van der Waals surface area contributed by atoms with Gasteiger partial charge in [-0.3, -0.25) is 14.5 Å². The summed E-state index contributed by atoms with van der Waals surface area (Å²) in [7, 11) is 0. The molecule has 2 fully saturated rings. The van der Waals surface area contributed by atoms with Crippen LogP contribution in [0.1, 0.15) is 62.1 Å². The van der Waals surface area contributed by atoms with Gasteiger partial charge in [0.25, 0.3) is 0 Å². The molecule has 1 atom stereocenters. The number of thiophene rings is 1. The quantitative estimate of drug-likeness (QED) is 0.263. The number of rotatable bonds is 10. The van der Waals surface area contributed by atoms with Crippen molar-refractivity contribution in [2.45, 2.75) is 76.2 Å². The fourth-order valence-corrected chi connectivity index (χ4v) is 7.03. The molecule has 1 aliphatic heterocycles. The highest BCUT2D eigenvalue weighted by atomic mass is 32.1. The molecule has 11 heteroatoms. The maximum absolute atomic E-state index is 14.3. The maximum atomic E-state index is 14.3. The topological polar surface area (TPSA) is 96.2 Å². The molecule has 6 rings (SSSR count). The molecule has 2 aromatic heterocycles. The van der Waals surface area contributed by atoms with E-state index in [-0.39, 0.29) is 36.3 Å². The molecule has 3 heterocycles. The number of likely N-dealkylation sites (tertiary alicyclic amines) is 1. The van der Waals surface area contributed by atoms with Gasteiger partial charge in [0.2, 0.25) is 17.6 Å². The molecule has 44 heavy (non-hydrogen) atoms. The zero-order valence-corrected chi connectivity index (χ0v) is 25.5. The van der Waals surface area contributed by atoms with Crippen LogP contribution in [0.3, 0.4) is 0 Å². The number of aromatic nitrogens is 4. The molecule has 1 N–H and O–H groups in total. The van der Waals surface area contributed by atoms with Crippen LogP contribution in [-0.2, 0) is 22.7 Å². The van der Waals surface area contributed by atoms with Crippen LogP contribution in [0, 0.1) is 5.82 Å². The number of benzene rings is 2. The first kappa shape index (κ1) is 30.1. The largest absolute Gasteiger partial charge is 0.351 e. The number of carbonyl (C=O) groups excluding carboxylic acids is 2. The van der Waals surface area contributed by atoms with E-state index >= 15 is 0 Å². The summed E-state index contributed by atoms with van der Waals surface area (Å²) < 4.78 is 14.1. The molecule has 0 radical (unpaired) electrons. The molecule has 230 valence electrons. The van der Waals surface area contributed by atoms with Gasteiger partial charge in [-0.15, -0.1) is 21.5 Å². The Kier molecular flexibility index (Phi) is 9.72. The highest BCUT2D eigenvalue weighted by Crippen LogP contribution is 2.31. The minimum atomic E-state index is -0.906. The number of halogens is 1. The predicted octanol–water partition coefficient (Wildman–Crippen LogP) is 5.22. The van der Waals surface area contributed by atoms with E-state index in [9.17, 15) is 14.0 Å². The molecule has 0 bridgehead atoms. The average molecular weight is 616 g/mol. The summed E-state index contributed by atoms with van der Waals surface area (Å²) in [5, 5.41) is 18.0. The summed E-state index contributed by atoms with van der Waals surface area (Å²) >= 11 is 1.50. The van der Waals surface area contributed by atoms with Crippen LogP contribution in [0.25, 0.3) is 10.7 Å². The Balaban J connectivity index is 1.27. The molecule has 0 spiro atoms. The summed E-state index contributed by atoms with van der Waals surface area (Å²) in [6, 6.07) is 19.1. The lowest BCUT2D eigenvalue weighted by atomic mass is 9.93. The Morgan fingerprint density at radius 2 is 1.70 bits per heavy atom. The third kappa shape index (κ3) is 7.39. The van der Waals surface area contributed by atoms with Crippen molar-refractivity contribution in [2.75, 3.05) is 13.1 Å². The Morgan fingerprint density at radius 1 is 0.955 bits per heavy atom. The fraction of sp³-hybridized carbons (Fsp3) is 0.424. The van der Waals surface area contributed by atoms with Crippen LogP contribution in [0.2, 0.25) is 0 Å². The first-order chi connectivity index (χ1) is 21.5. The summed E-state index contributed by atoms with van der Waals surface area (Å²) in [6.07, 6.45) is 6.55. The Bertz CT molecular complexity index is 1500. The molecule has 0 unspecified atom stereocenters. The monoisotopic (exact) mass is 615 g/mol. The van der Waals surface area contributed by atoms with Gasteiger partial charge in [0, 0.05) is 31.7 Å². The molecular formula is C33H38FN7O2S. The van der Waals surface area contributed by atoms with E-state index in [0.717, 1.165) is 56.6 Å². The number of carbonyl (C=O) groups is 2. The van der Waals surface area contributed by atoms with E-state index < -0.39 is 6.04 Å². The molecule has 2 aliphatic rings. The lowest BCUT2D eigenvalue weighted by Gasteiger charge is -2.42. The second-order valence-electron chi connectivity index (χ2n) is 11.7. The van der Waals surface area contributed by atoms with Crippen molar-refractivity contribution < 1.29 is 14.0 Å². The highest BCUT2D eigenvalue weighted by molar-refractivity contribution is 7.13. The van der Waals surface area contributed by atoms with Crippen molar-refractivity contribution in [2.24, 2.45) is 0 Å². The van der Waals surface area contributed by atoms with Crippen molar-refractivity contribution in [3.05, 3.63) is 89.1 Å². The number of nitrogens with zero attached hydrogens (tertiary/aromatic N) is 6. The van der Waals surface area contributed by atoms with Gasteiger partial charge in [-0.05, 0) is 65.6 Å². The number of nitrogens with one attached hydrogen (secondary N) is 1. The van der Waals surface area contributed by atoms with Crippen LogP contribution in [0.15, 0.2) is 72.1 Å². The van der Waals surface area contributed by atoms with Gasteiger partial charge < -0.3 is 10.2 Å². The minimum absolute atomic E-state index is 0.0641. The zero-order chi connectivity index (χ0) is 30.3. The second-order valence-corrected chi connectivity index (χ2v) is 12.7. The second kappa shape index (κ2) is 14.2. The third-order valence-corrected chi connectivity index (χ3v) is 9.49. The van der Waals surface area contributed by atoms with Crippen molar-refractivity contribution in [3.63, 3.8) is 0 Å². The van der Waals surface area contributed by atoms with Gasteiger partial charge in [-0.2, -0.15) is 4.80 Å². The van der Waals surface area contributed by atoms with E-state index in [0.29, 0.717) is 24.2 Å². The lowest BCUT2D eigenvalue weighted by molar-refractivity contribution is -0.146. The summed E-state index contributed by atoms with van der Waals surface area (Å²) in [6.45, 7) is 2.25. The lowest BCUT2D eigenvalue weighted by Crippen LogP contribution is -2.54. The van der Waals surface area contributed by atoms with E-state index in [4.69, 9.17) is 0 Å². The average Bonchev–Trinajstić information content (AvgIpc) is 3.75. The van der Waals surface area contributed by atoms with Crippen molar-refractivity contribution in [3.8, 4) is 10.7 Å². The Labute approximate surface area is 261 Å². The predicted molar refractivity (Wildman–Crippen MR) is 167 cm³/mol. The van der Waals surface area contributed by atoms with Crippen LogP contribution in [0.5, 0.6) is 0 Å². The van der Waals surface area contributed by atoms with Gasteiger partial charge in [-0.1, -0.05) is 67.8 Å². The highest BCUT2D eigenvalue weighted by Gasteiger charge is 2.39. The molecule has 1 aliphatic carbocycles. The number of amides is 2. The Morgan fingerprint density at radius 3 is 2.41 bits per heavy atom. The molecule has 1 saturated heterocycles. The fourth-order valence-electron chi connectivity index (χ4n) is 6.38. The third-order valence-electron chi connectivity index (χ3n) is 8.62. The number of tetrazole rings is 1. The van der Waals surface area contributed by atoms with Gasteiger partial charge in [0.05, 0.1) is 4.88 Å². The Hall–Kier alpha value is -3.96. The van der Waals surface area contributed by atoms with Crippen LogP contribution in [-0.4, -0.2) is 67.0 Å². The first-order valence-electron chi connectivity index (χ1n) is 15.5. The normalized spacial score (nSPS) is 17.3. The first-order valence-corrected chi connectivity index (χ1v) is 16.4. The molecule has 4 aromatic rings. The number of piperidine rings is 1. The zero-order valence-electron chi connectivity index (χ0n) is 24.7. The van der Waals surface area contributed by atoms with E-state index in [1.54, 1.807) is 17.0 Å². The van der Waals surface area contributed by atoms with Crippen LogP contribution >= 0.6 is 11.3 Å². The standard InChI is InChI=1S/C33H38FN7O2S/c34-26-15-13-25(14-16-26)31(33(43)35-27-10-5-2-6-11-27)41(28-17-19-39(20-18-28)22-24-8-3-1-4-9-24)30(42)23-40-37-32(36-38-40)29-12-7-21-44-29/h1,3-4,7-9,12-16,21,27-28,31H,2,5-6,10-11,17-20,22-23H2,(H,35,43)/t31-/m0/s1. The van der Waals surface area contributed by atoms with Crippen molar-refractivity contribution in [1.82, 2.24) is 35.3 Å². The van der Waals surface area contributed by atoms with E-state index in [2.05, 4.69) is 37.8 Å². The number of hydrogen-bond donors (Lipinski definition) is 1. The van der Waals surface area contributed by atoms with Gasteiger partial charge in [0.1, 0.15) is 18.4 Å². The molecule has 2 amide bonds. The molecule has 1 saturated carbocycles. The van der Waals surface area contributed by atoms with Crippen molar-refractivity contribution in [1.29, 1.82) is 0 Å². The molecular weight excluding hydrogens is 577 g/mol. The minimum Gasteiger partial charge on any atom is -0.351 e. The van der Waals surface area contributed by atoms with Crippen LogP contribution < -0.4 is 5.32 Å². The van der Waals surface area contributed by atoms with Gasteiger partial charge >= 0.3 is 0 Å². The van der Waals surface area contributed by atoms with Crippen molar-refractivity contribution >= 4 is 23.2 Å². The van der Waals surface area contributed by atoms with Gasteiger partial charge in [-0.25, -0.2) is 4.39 Å². The van der Waals surface area contributed by atoms with Crippen LogP contribution in [0.4, 0.5) is 4.39 Å². The smallest absolute Gasteiger partial charge is 0.247 e. The SMILES string of the molecule is O=C(NC1CCCCC1)[C@H](c1ccc(F)cc1)N(C(=O)Cn1nnc(-c2cccs2)n1)C1CCN(Cc2ccccc2)CC1. The summed E-state index contributed by atoms with van der Waals surface area (Å²) in [4.78, 5) is 34.7. The molecule has 2 aromatic carbocycles. The summed E-state index contributed by atoms with van der Waals surface area (Å²) in [5.74, 6) is -0.428. The molecule has 9 nitrogen and oxygen atoms in total. The van der Waals surface area contributed by atoms with Gasteiger partial charge in [0.15, 0.2) is 0 Å². The van der Waals surface area contributed by atoms with E-state index in [1.165, 1.54) is 33.8 Å². The number of hydrogen-bond acceptors (Lipinski definition) is 7. The summed E-state index contributed by atoms with van der Waals surface area (Å²) in [5.41, 5.74) is 1.83.